The average molecular weight is 334 g/mol. The van der Waals surface area contributed by atoms with Crippen molar-refractivity contribution in [1.82, 2.24) is 20.0 Å². The van der Waals surface area contributed by atoms with Crippen LogP contribution in [0.25, 0.3) is 0 Å². The summed E-state index contributed by atoms with van der Waals surface area (Å²) in [4.78, 5) is 28.9. The highest BCUT2D eigenvalue weighted by Gasteiger charge is 2.53. The number of carbonyl (C=O) groups excluding carboxylic acids is 2. The molecule has 124 valence electrons. The topological polar surface area (TPSA) is 69.3 Å². The molecule has 7 heteroatoms. The Hall–Kier alpha value is -1.50. The Morgan fingerprint density at radius 3 is 3.17 bits per heavy atom. The number of piperidine rings is 1. The number of thioether (sulfide) groups is 1. The molecule has 0 aliphatic carbocycles. The lowest BCUT2D eigenvalue weighted by Crippen LogP contribution is -2.53. The average Bonchev–Trinajstić information content (AvgIpc) is 3.25. The molecule has 3 aliphatic rings. The molecular formula is C16H22N4O2S. The van der Waals surface area contributed by atoms with Gasteiger partial charge in [0.25, 0.3) is 0 Å². The van der Waals surface area contributed by atoms with Gasteiger partial charge >= 0.3 is 0 Å². The van der Waals surface area contributed by atoms with E-state index >= 15 is 0 Å². The van der Waals surface area contributed by atoms with Gasteiger partial charge in [-0.25, -0.2) is 0 Å². The van der Waals surface area contributed by atoms with Crippen LogP contribution in [0.5, 0.6) is 0 Å². The predicted octanol–water partition coefficient (Wildman–Crippen LogP) is 1.57. The number of H-pyrrole nitrogens is 1. The normalized spacial score (nSPS) is 34.0. The Bertz CT molecular complexity index is 620. The van der Waals surface area contributed by atoms with Crippen molar-refractivity contribution in [3.63, 3.8) is 0 Å². The third-order valence-corrected chi connectivity index (χ3v) is 6.93. The van der Waals surface area contributed by atoms with Gasteiger partial charge in [0.15, 0.2) is 0 Å². The van der Waals surface area contributed by atoms with Crippen LogP contribution >= 0.6 is 11.8 Å². The van der Waals surface area contributed by atoms with Crippen LogP contribution in [-0.2, 0) is 9.59 Å². The van der Waals surface area contributed by atoms with E-state index in [0.717, 1.165) is 43.8 Å². The molecule has 23 heavy (non-hydrogen) atoms. The Morgan fingerprint density at radius 2 is 2.39 bits per heavy atom. The van der Waals surface area contributed by atoms with Crippen LogP contribution < -0.4 is 0 Å². The number of fused-ring (bicyclic) bond motifs is 1. The standard InChI is InChI=1S/C16H22N4O2S/c1-16-6-4-14(21)20(16)13(10-23-16)15(22)19-8-2-3-11(9-19)12-5-7-17-18-12/h5,7,11,13H,2-4,6,8-10H2,1H3,(H,17,18)/t11-,13-,16+/m1/s1. The lowest BCUT2D eigenvalue weighted by atomic mass is 9.94. The van der Waals surface area contributed by atoms with Crippen LogP contribution in [0.15, 0.2) is 12.3 Å². The van der Waals surface area contributed by atoms with Gasteiger partial charge in [-0.1, -0.05) is 0 Å². The Morgan fingerprint density at radius 1 is 1.52 bits per heavy atom. The van der Waals surface area contributed by atoms with Gasteiger partial charge in [-0.05, 0) is 32.3 Å². The smallest absolute Gasteiger partial charge is 0.246 e. The number of nitrogens with one attached hydrogen (secondary N) is 1. The van der Waals surface area contributed by atoms with Gasteiger partial charge in [0, 0.05) is 43.1 Å². The molecule has 3 aliphatic heterocycles. The maximum absolute atomic E-state index is 13.0. The first-order chi connectivity index (χ1) is 11.1. The van der Waals surface area contributed by atoms with Gasteiger partial charge < -0.3 is 9.80 Å². The highest BCUT2D eigenvalue weighted by Crippen LogP contribution is 2.47. The van der Waals surface area contributed by atoms with E-state index in [9.17, 15) is 9.59 Å². The maximum atomic E-state index is 13.0. The van der Waals surface area contributed by atoms with Gasteiger partial charge in [-0.3, -0.25) is 14.7 Å². The SMILES string of the molecule is C[C@]12CCC(=O)N1[C@@H](C(=O)N1CCC[C@@H](c3ccn[nH]3)C1)CS2. The molecule has 0 radical (unpaired) electrons. The number of hydrogen-bond acceptors (Lipinski definition) is 4. The van der Waals surface area contributed by atoms with E-state index in [1.165, 1.54) is 0 Å². The zero-order valence-electron chi connectivity index (χ0n) is 13.3. The molecule has 0 spiro atoms. The van der Waals surface area contributed by atoms with Crippen molar-refractivity contribution in [1.29, 1.82) is 0 Å². The summed E-state index contributed by atoms with van der Waals surface area (Å²) in [6.45, 7) is 3.61. The van der Waals surface area contributed by atoms with Gasteiger partial charge in [-0.15, -0.1) is 11.8 Å². The number of aromatic amines is 1. The van der Waals surface area contributed by atoms with Crippen LogP contribution in [-0.4, -0.2) is 61.6 Å². The van der Waals surface area contributed by atoms with E-state index < -0.39 is 0 Å². The summed E-state index contributed by atoms with van der Waals surface area (Å²) in [6.07, 6.45) is 5.27. The second kappa shape index (κ2) is 5.54. The summed E-state index contributed by atoms with van der Waals surface area (Å²) in [5.74, 6) is 1.32. The molecule has 1 N–H and O–H groups in total. The maximum Gasteiger partial charge on any atom is 0.246 e. The Balaban J connectivity index is 1.49. The van der Waals surface area contributed by atoms with E-state index in [1.807, 2.05) is 15.9 Å². The van der Waals surface area contributed by atoms with Crippen molar-refractivity contribution < 1.29 is 9.59 Å². The van der Waals surface area contributed by atoms with E-state index in [0.29, 0.717) is 12.3 Å². The zero-order chi connectivity index (χ0) is 16.0. The van der Waals surface area contributed by atoms with Gasteiger partial charge in [0.2, 0.25) is 11.8 Å². The van der Waals surface area contributed by atoms with E-state index in [2.05, 4.69) is 17.1 Å². The van der Waals surface area contributed by atoms with Crippen LogP contribution in [0.2, 0.25) is 0 Å². The lowest BCUT2D eigenvalue weighted by molar-refractivity contribution is -0.144. The van der Waals surface area contributed by atoms with Crippen LogP contribution in [0.3, 0.4) is 0 Å². The molecule has 3 fully saturated rings. The van der Waals surface area contributed by atoms with E-state index in [-0.39, 0.29) is 22.7 Å². The fourth-order valence-electron chi connectivity index (χ4n) is 4.14. The minimum atomic E-state index is -0.277. The first kappa shape index (κ1) is 15.1. The summed E-state index contributed by atoms with van der Waals surface area (Å²) in [6, 6.07) is 1.71. The Kier molecular flexibility index (Phi) is 3.63. The highest BCUT2D eigenvalue weighted by atomic mass is 32.2. The molecule has 4 heterocycles. The fraction of sp³-hybridized carbons (Fsp3) is 0.688. The Labute approximate surface area is 140 Å². The molecule has 6 nitrogen and oxygen atoms in total. The minimum Gasteiger partial charge on any atom is -0.340 e. The van der Waals surface area contributed by atoms with Crippen LogP contribution in [0.1, 0.15) is 44.2 Å². The number of nitrogens with zero attached hydrogens (tertiary/aromatic N) is 3. The van der Waals surface area contributed by atoms with Crippen molar-refractivity contribution in [3.8, 4) is 0 Å². The first-order valence-corrected chi connectivity index (χ1v) is 9.31. The molecular weight excluding hydrogens is 312 g/mol. The summed E-state index contributed by atoms with van der Waals surface area (Å²) in [7, 11) is 0. The molecule has 0 bridgehead atoms. The monoisotopic (exact) mass is 334 g/mol. The molecule has 0 aromatic carbocycles. The van der Waals surface area contributed by atoms with Gasteiger partial charge in [0.1, 0.15) is 6.04 Å². The van der Waals surface area contributed by atoms with Gasteiger partial charge in [-0.2, -0.15) is 5.10 Å². The van der Waals surface area contributed by atoms with Crippen molar-refractivity contribution in [3.05, 3.63) is 18.0 Å². The number of rotatable bonds is 2. The molecule has 0 saturated carbocycles. The minimum absolute atomic E-state index is 0.126. The quantitative estimate of drug-likeness (QED) is 0.891. The largest absolute Gasteiger partial charge is 0.340 e. The molecule has 1 aromatic rings. The second-order valence-corrected chi connectivity index (χ2v) is 8.40. The molecule has 2 amide bonds. The fourth-order valence-corrected chi connectivity index (χ4v) is 5.56. The predicted molar refractivity (Wildman–Crippen MR) is 87.9 cm³/mol. The summed E-state index contributed by atoms with van der Waals surface area (Å²) >= 11 is 1.76. The lowest BCUT2D eigenvalue weighted by Gasteiger charge is -2.37. The van der Waals surface area contributed by atoms with Gasteiger partial charge in [0.05, 0.1) is 4.87 Å². The molecule has 1 aromatic heterocycles. The van der Waals surface area contributed by atoms with Crippen molar-refractivity contribution in [2.24, 2.45) is 0 Å². The molecule has 0 unspecified atom stereocenters. The molecule has 4 rings (SSSR count). The first-order valence-electron chi connectivity index (χ1n) is 8.33. The van der Waals surface area contributed by atoms with Crippen molar-refractivity contribution in [2.75, 3.05) is 18.8 Å². The third kappa shape index (κ3) is 2.45. The molecule has 3 saturated heterocycles. The van der Waals surface area contributed by atoms with E-state index in [1.54, 1.807) is 18.0 Å². The second-order valence-electron chi connectivity index (χ2n) is 6.90. The zero-order valence-corrected chi connectivity index (χ0v) is 14.1. The summed E-state index contributed by atoms with van der Waals surface area (Å²) in [5.41, 5.74) is 1.10. The van der Waals surface area contributed by atoms with Crippen molar-refractivity contribution in [2.45, 2.75) is 49.4 Å². The number of aromatic nitrogens is 2. The van der Waals surface area contributed by atoms with Crippen LogP contribution in [0.4, 0.5) is 0 Å². The number of likely N-dealkylation sites (tertiary alicyclic amines) is 1. The van der Waals surface area contributed by atoms with Crippen molar-refractivity contribution >= 4 is 23.6 Å². The summed E-state index contributed by atoms with van der Waals surface area (Å²) in [5, 5.41) is 7.05. The third-order valence-electron chi connectivity index (χ3n) is 5.43. The highest BCUT2D eigenvalue weighted by molar-refractivity contribution is 8.01. The molecule has 3 atom stereocenters. The number of amides is 2. The summed E-state index contributed by atoms with van der Waals surface area (Å²) < 4.78 is 0. The van der Waals surface area contributed by atoms with Crippen LogP contribution in [0, 0.1) is 0 Å². The number of carbonyl (C=O) groups is 2. The number of hydrogen-bond donors (Lipinski definition) is 1. The van der Waals surface area contributed by atoms with E-state index in [4.69, 9.17) is 0 Å².